The highest BCUT2D eigenvalue weighted by Crippen LogP contribution is 2.17. The van der Waals surface area contributed by atoms with Gasteiger partial charge in [-0.25, -0.2) is 0 Å². The van der Waals surface area contributed by atoms with Crippen molar-refractivity contribution in [1.29, 1.82) is 0 Å². The number of allylic oxidation sites excluding steroid dienone is 18. The largest absolute Gasteiger partial charge is 0.462 e. The molecule has 1 atom stereocenters. The molecular formula is C63H106O5. The molecule has 0 aliphatic heterocycles. The lowest BCUT2D eigenvalue weighted by molar-refractivity contribution is -0.161. The van der Waals surface area contributed by atoms with Gasteiger partial charge in [-0.15, -0.1) is 0 Å². The molecule has 388 valence electrons. The molecule has 0 saturated carbocycles. The topological polar surface area (TPSA) is 72.8 Å². The van der Waals surface area contributed by atoms with Crippen LogP contribution in [0.25, 0.3) is 0 Å². The molecule has 5 heteroatoms. The average molecular weight is 944 g/mol. The molecule has 0 spiro atoms. The zero-order valence-electron chi connectivity index (χ0n) is 44.3. The number of carbonyl (C=O) groups excluding carboxylic acids is 2. The third kappa shape index (κ3) is 55.2. The SMILES string of the molecule is CC/C=C\C/C=C\C/C=C\C/C=C\C/C=C\CCCCCCCCCCCCCCCCCCCCCCCCCCCC(=O)OC(CO)COC(=O)CC/C=C\C/C=C\C/C=C\C/C=C\CC. The first-order valence-corrected chi connectivity index (χ1v) is 28.4. The fourth-order valence-electron chi connectivity index (χ4n) is 7.89. The lowest BCUT2D eigenvalue weighted by Crippen LogP contribution is -2.28. The first kappa shape index (κ1) is 64.6. The van der Waals surface area contributed by atoms with Crippen molar-refractivity contribution < 1.29 is 24.2 Å². The van der Waals surface area contributed by atoms with E-state index in [0.717, 1.165) is 77.0 Å². The second-order valence-corrected chi connectivity index (χ2v) is 18.6. The van der Waals surface area contributed by atoms with Gasteiger partial charge in [0.2, 0.25) is 0 Å². The molecule has 1 unspecified atom stereocenters. The summed E-state index contributed by atoms with van der Waals surface area (Å²) in [5.41, 5.74) is 0. The van der Waals surface area contributed by atoms with Crippen LogP contribution < -0.4 is 0 Å². The molecule has 0 fully saturated rings. The second-order valence-electron chi connectivity index (χ2n) is 18.6. The molecule has 0 radical (unpaired) electrons. The van der Waals surface area contributed by atoms with Crippen molar-refractivity contribution in [3.8, 4) is 0 Å². The van der Waals surface area contributed by atoms with Crippen LogP contribution in [0.2, 0.25) is 0 Å². The van der Waals surface area contributed by atoms with E-state index in [1.807, 2.05) is 12.2 Å². The van der Waals surface area contributed by atoms with E-state index < -0.39 is 6.10 Å². The molecular weight excluding hydrogens is 837 g/mol. The summed E-state index contributed by atoms with van der Waals surface area (Å²) in [6.45, 7) is 3.85. The molecule has 1 N–H and O–H groups in total. The van der Waals surface area contributed by atoms with Crippen LogP contribution in [-0.4, -0.2) is 36.4 Å². The fourth-order valence-corrected chi connectivity index (χ4v) is 7.89. The number of carbonyl (C=O) groups is 2. The lowest BCUT2D eigenvalue weighted by atomic mass is 10.0. The van der Waals surface area contributed by atoms with Gasteiger partial charge in [-0.3, -0.25) is 9.59 Å². The average Bonchev–Trinajstić information content (AvgIpc) is 3.34. The van der Waals surface area contributed by atoms with E-state index in [1.165, 1.54) is 148 Å². The Balaban J connectivity index is 3.43. The normalized spacial score (nSPS) is 13.0. The highest BCUT2D eigenvalue weighted by Gasteiger charge is 2.16. The predicted molar refractivity (Wildman–Crippen MR) is 297 cm³/mol. The maximum atomic E-state index is 12.3. The van der Waals surface area contributed by atoms with E-state index >= 15 is 0 Å². The highest BCUT2D eigenvalue weighted by molar-refractivity contribution is 5.70. The van der Waals surface area contributed by atoms with Crippen molar-refractivity contribution in [2.24, 2.45) is 0 Å². The lowest BCUT2D eigenvalue weighted by Gasteiger charge is -2.15. The molecule has 0 aromatic heterocycles. The fraction of sp³-hybridized carbons (Fsp3) is 0.683. The van der Waals surface area contributed by atoms with Crippen LogP contribution >= 0.6 is 0 Å². The second kappa shape index (κ2) is 57.9. The summed E-state index contributed by atoms with van der Waals surface area (Å²) in [4.78, 5) is 24.4. The van der Waals surface area contributed by atoms with Gasteiger partial charge in [0.15, 0.2) is 6.10 Å². The third-order valence-electron chi connectivity index (χ3n) is 12.1. The minimum absolute atomic E-state index is 0.106. The van der Waals surface area contributed by atoms with Crippen LogP contribution in [0.4, 0.5) is 0 Å². The zero-order valence-corrected chi connectivity index (χ0v) is 44.3. The van der Waals surface area contributed by atoms with Gasteiger partial charge in [-0.2, -0.15) is 0 Å². The molecule has 0 heterocycles. The number of hydrogen-bond acceptors (Lipinski definition) is 5. The van der Waals surface area contributed by atoms with E-state index in [9.17, 15) is 14.7 Å². The van der Waals surface area contributed by atoms with Crippen LogP contribution in [0.1, 0.15) is 258 Å². The summed E-state index contributed by atoms with van der Waals surface area (Å²) < 4.78 is 10.6. The molecule has 0 aromatic rings. The number of unbranched alkanes of at least 4 members (excludes halogenated alkanes) is 25. The number of esters is 2. The highest BCUT2D eigenvalue weighted by atomic mass is 16.6. The number of ether oxygens (including phenoxy) is 2. The Morgan fingerprint density at radius 3 is 0.941 bits per heavy atom. The Labute approximate surface area is 421 Å². The zero-order chi connectivity index (χ0) is 49.2. The van der Waals surface area contributed by atoms with Crippen LogP contribution in [0, 0.1) is 0 Å². The molecule has 0 aliphatic rings. The Morgan fingerprint density at radius 1 is 0.338 bits per heavy atom. The molecule has 0 rings (SSSR count). The first-order chi connectivity index (χ1) is 33.6. The Bertz CT molecular complexity index is 1340. The van der Waals surface area contributed by atoms with Gasteiger partial charge in [-0.1, -0.05) is 271 Å². The minimum Gasteiger partial charge on any atom is -0.462 e. The molecule has 0 bridgehead atoms. The van der Waals surface area contributed by atoms with Crippen molar-refractivity contribution in [2.75, 3.05) is 13.2 Å². The smallest absolute Gasteiger partial charge is 0.306 e. The number of aliphatic hydroxyl groups excluding tert-OH is 1. The van der Waals surface area contributed by atoms with Crippen LogP contribution in [0.3, 0.4) is 0 Å². The first-order valence-electron chi connectivity index (χ1n) is 28.4. The minimum atomic E-state index is -0.803. The Kier molecular flexibility index (Phi) is 54.9. The summed E-state index contributed by atoms with van der Waals surface area (Å²) in [6.07, 6.45) is 84.0. The van der Waals surface area contributed by atoms with Gasteiger partial charge >= 0.3 is 11.9 Å². The van der Waals surface area contributed by atoms with Crippen molar-refractivity contribution in [1.82, 2.24) is 0 Å². The van der Waals surface area contributed by atoms with Gasteiger partial charge in [0, 0.05) is 12.8 Å². The van der Waals surface area contributed by atoms with Gasteiger partial charge in [0.1, 0.15) is 6.61 Å². The Morgan fingerprint density at radius 2 is 0.618 bits per heavy atom. The summed E-state index contributed by atoms with van der Waals surface area (Å²) in [7, 11) is 0. The van der Waals surface area contributed by atoms with Crippen molar-refractivity contribution in [3.63, 3.8) is 0 Å². The van der Waals surface area contributed by atoms with E-state index in [2.05, 4.69) is 111 Å². The van der Waals surface area contributed by atoms with Gasteiger partial charge < -0.3 is 14.6 Å². The third-order valence-corrected chi connectivity index (χ3v) is 12.1. The van der Waals surface area contributed by atoms with Crippen molar-refractivity contribution in [3.05, 3.63) is 109 Å². The molecule has 0 aliphatic carbocycles. The van der Waals surface area contributed by atoms with Crippen LogP contribution in [-0.2, 0) is 19.1 Å². The molecule has 68 heavy (non-hydrogen) atoms. The van der Waals surface area contributed by atoms with E-state index in [0.29, 0.717) is 12.8 Å². The van der Waals surface area contributed by atoms with Gasteiger partial charge in [-0.05, 0) is 83.5 Å². The Hall–Kier alpha value is -3.44. The van der Waals surface area contributed by atoms with E-state index in [1.54, 1.807) is 0 Å². The van der Waals surface area contributed by atoms with E-state index in [-0.39, 0.29) is 31.6 Å². The number of hydrogen-bond donors (Lipinski definition) is 1. The van der Waals surface area contributed by atoms with Crippen molar-refractivity contribution in [2.45, 2.75) is 264 Å². The van der Waals surface area contributed by atoms with Gasteiger partial charge in [0.05, 0.1) is 6.61 Å². The molecule has 0 saturated heterocycles. The quantitative estimate of drug-likeness (QED) is 0.0374. The predicted octanol–water partition coefficient (Wildman–Crippen LogP) is 19.3. The van der Waals surface area contributed by atoms with E-state index in [4.69, 9.17) is 9.47 Å². The number of rotatable bonds is 51. The summed E-state index contributed by atoms with van der Waals surface area (Å²) in [5, 5.41) is 9.60. The summed E-state index contributed by atoms with van der Waals surface area (Å²) in [5.74, 6) is -0.682. The number of aliphatic hydroxyl groups is 1. The van der Waals surface area contributed by atoms with Crippen molar-refractivity contribution >= 4 is 11.9 Å². The summed E-state index contributed by atoms with van der Waals surface area (Å²) >= 11 is 0. The van der Waals surface area contributed by atoms with Crippen LogP contribution in [0.5, 0.6) is 0 Å². The summed E-state index contributed by atoms with van der Waals surface area (Å²) in [6, 6.07) is 0. The maximum Gasteiger partial charge on any atom is 0.306 e. The standard InChI is InChI=1S/C63H106O5/c1-3-5-7-9-11-13-15-17-18-19-20-21-22-23-24-25-26-27-28-29-30-31-32-33-34-35-36-37-38-39-40-41-42-43-44-46-48-50-52-54-56-58-63(66)68-61(59-64)60-67-62(65)57-55-53-51-49-47-45-16-14-12-10-8-6-4-2/h5-8,11-14,17-18,20-21,23-24,45,47,51,53,61,64H,3-4,9-10,15-16,19,22,25-44,46,48-50,52,54-60H2,1-2H3/b7-5-,8-6-,13-11-,14-12-,18-17-,21-20-,24-23-,47-45-,53-51-. The molecule has 0 aromatic carbocycles. The molecule has 5 nitrogen and oxygen atoms in total. The molecule has 0 amide bonds. The van der Waals surface area contributed by atoms with Crippen LogP contribution in [0.15, 0.2) is 109 Å². The monoisotopic (exact) mass is 943 g/mol. The van der Waals surface area contributed by atoms with Gasteiger partial charge in [0.25, 0.3) is 0 Å². The maximum absolute atomic E-state index is 12.3.